The average Bonchev–Trinajstić information content (AvgIpc) is 2.37. The van der Waals surface area contributed by atoms with Crippen LogP contribution in [0.4, 0.5) is 10.1 Å². The Balaban J connectivity index is 2.30. The lowest BCUT2D eigenvalue weighted by Crippen LogP contribution is -2.59. The Labute approximate surface area is 136 Å². The molecule has 0 saturated carbocycles. The second kappa shape index (κ2) is 7.10. The highest BCUT2D eigenvalue weighted by Crippen LogP contribution is 2.33. The number of piperazine rings is 1. The fraction of sp³-hybridized carbons (Fsp3) is 0.647. The first-order chi connectivity index (χ1) is 9.90. The average molecular weight is 357 g/mol. The van der Waals surface area contributed by atoms with Gasteiger partial charge in [0.05, 0.1) is 5.69 Å². The summed E-state index contributed by atoms with van der Waals surface area (Å²) in [7, 11) is 0. The zero-order chi connectivity index (χ0) is 15.6. The summed E-state index contributed by atoms with van der Waals surface area (Å²) in [5.74, 6) is 0.980. The largest absolute Gasteiger partial charge is 0.362 e. The van der Waals surface area contributed by atoms with Gasteiger partial charge in [0.25, 0.3) is 0 Å². The van der Waals surface area contributed by atoms with E-state index in [1.54, 1.807) is 12.1 Å². The minimum Gasteiger partial charge on any atom is -0.362 e. The van der Waals surface area contributed by atoms with E-state index < -0.39 is 0 Å². The van der Waals surface area contributed by atoms with Gasteiger partial charge in [-0.3, -0.25) is 0 Å². The second-order valence-corrected chi connectivity index (χ2v) is 7.62. The first-order valence-electron chi connectivity index (χ1n) is 7.84. The van der Waals surface area contributed by atoms with Gasteiger partial charge in [-0.1, -0.05) is 33.8 Å². The van der Waals surface area contributed by atoms with E-state index in [0.29, 0.717) is 29.6 Å². The molecule has 1 aromatic rings. The van der Waals surface area contributed by atoms with Crippen molar-refractivity contribution in [3.63, 3.8) is 0 Å². The number of benzene rings is 1. The van der Waals surface area contributed by atoms with Crippen molar-refractivity contribution in [2.75, 3.05) is 18.0 Å². The van der Waals surface area contributed by atoms with Crippen molar-refractivity contribution in [1.82, 2.24) is 5.32 Å². The zero-order valence-electron chi connectivity index (χ0n) is 13.4. The lowest BCUT2D eigenvalue weighted by molar-refractivity contribution is 0.308. The Morgan fingerprint density at radius 2 is 2.05 bits per heavy atom. The number of nitrogens with one attached hydrogen (secondary N) is 1. The van der Waals surface area contributed by atoms with E-state index in [1.807, 2.05) is 6.07 Å². The molecule has 1 fully saturated rings. The lowest BCUT2D eigenvalue weighted by Gasteiger charge is -2.44. The molecule has 0 spiro atoms. The third kappa shape index (κ3) is 3.98. The molecule has 0 amide bonds. The van der Waals surface area contributed by atoms with Crippen molar-refractivity contribution in [3.8, 4) is 0 Å². The van der Waals surface area contributed by atoms with Crippen molar-refractivity contribution < 1.29 is 4.39 Å². The molecule has 1 saturated heterocycles. The molecule has 118 valence electrons. The summed E-state index contributed by atoms with van der Waals surface area (Å²) in [6.45, 7) is 10.7. The third-order valence-electron chi connectivity index (χ3n) is 4.18. The molecular weight excluding hydrogens is 331 g/mol. The third-order valence-corrected chi connectivity index (χ3v) is 4.82. The van der Waals surface area contributed by atoms with E-state index in [4.69, 9.17) is 0 Å². The van der Waals surface area contributed by atoms with Gasteiger partial charge >= 0.3 is 0 Å². The highest BCUT2D eigenvalue weighted by molar-refractivity contribution is 9.10. The fourth-order valence-electron chi connectivity index (χ4n) is 3.18. The molecule has 0 aliphatic carbocycles. The predicted octanol–water partition coefficient (Wildman–Crippen LogP) is 4.44. The number of nitrogens with zero attached hydrogens (tertiary/aromatic N) is 1. The summed E-state index contributed by atoms with van der Waals surface area (Å²) < 4.78 is 15.2. The standard InChI is InChI=1S/C17H26BrFN2/c1-11(2)8-13-10-21(16(9-20-13)12(3)4)17-14(18)6-5-7-15(17)19/h5-7,11-13,16,20H,8-10H2,1-4H3. The van der Waals surface area contributed by atoms with Crippen LogP contribution in [0.1, 0.15) is 34.1 Å². The predicted molar refractivity (Wildman–Crippen MR) is 91.3 cm³/mol. The molecule has 4 heteroatoms. The van der Waals surface area contributed by atoms with Gasteiger partial charge in [0.1, 0.15) is 5.82 Å². The summed E-state index contributed by atoms with van der Waals surface area (Å²) >= 11 is 3.53. The summed E-state index contributed by atoms with van der Waals surface area (Å²) in [4.78, 5) is 2.26. The van der Waals surface area contributed by atoms with Crippen LogP contribution in [0.5, 0.6) is 0 Å². The van der Waals surface area contributed by atoms with Crippen molar-refractivity contribution in [1.29, 1.82) is 0 Å². The van der Waals surface area contributed by atoms with Gasteiger partial charge in [0.2, 0.25) is 0 Å². The molecule has 21 heavy (non-hydrogen) atoms. The lowest BCUT2D eigenvalue weighted by atomic mass is 9.94. The van der Waals surface area contributed by atoms with E-state index in [9.17, 15) is 4.39 Å². The SMILES string of the molecule is CC(C)CC1CN(c2c(F)cccc2Br)C(C(C)C)CN1. The zero-order valence-corrected chi connectivity index (χ0v) is 15.0. The van der Waals surface area contributed by atoms with Crippen molar-refractivity contribution >= 4 is 21.6 Å². The molecule has 0 aromatic heterocycles. The van der Waals surface area contributed by atoms with Gasteiger partial charge in [0.15, 0.2) is 0 Å². The Kier molecular flexibility index (Phi) is 5.67. The normalized spacial score (nSPS) is 23.1. The van der Waals surface area contributed by atoms with Gasteiger partial charge in [-0.25, -0.2) is 4.39 Å². The van der Waals surface area contributed by atoms with Crippen LogP contribution < -0.4 is 10.2 Å². The number of hydrogen-bond acceptors (Lipinski definition) is 2. The highest BCUT2D eigenvalue weighted by atomic mass is 79.9. The molecule has 1 heterocycles. The van der Waals surface area contributed by atoms with Crippen LogP contribution in [-0.4, -0.2) is 25.2 Å². The number of hydrogen-bond donors (Lipinski definition) is 1. The van der Waals surface area contributed by atoms with Crippen LogP contribution >= 0.6 is 15.9 Å². The maximum Gasteiger partial charge on any atom is 0.147 e. The van der Waals surface area contributed by atoms with E-state index >= 15 is 0 Å². The van der Waals surface area contributed by atoms with Crippen molar-refractivity contribution in [3.05, 3.63) is 28.5 Å². The summed E-state index contributed by atoms with van der Waals surface area (Å²) in [5, 5.41) is 3.64. The van der Waals surface area contributed by atoms with Gasteiger partial charge in [-0.15, -0.1) is 0 Å². The second-order valence-electron chi connectivity index (χ2n) is 6.77. The quantitative estimate of drug-likeness (QED) is 0.857. The smallest absolute Gasteiger partial charge is 0.147 e. The van der Waals surface area contributed by atoms with Gasteiger partial charge in [-0.2, -0.15) is 0 Å². The molecule has 2 unspecified atom stereocenters. The molecule has 1 aliphatic heterocycles. The van der Waals surface area contributed by atoms with E-state index in [1.165, 1.54) is 0 Å². The summed E-state index contributed by atoms with van der Waals surface area (Å²) in [6, 6.07) is 5.97. The Morgan fingerprint density at radius 1 is 1.33 bits per heavy atom. The first-order valence-corrected chi connectivity index (χ1v) is 8.63. The summed E-state index contributed by atoms with van der Waals surface area (Å²) in [5.41, 5.74) is 0.714. The monoisotopic (exact) mass is 356 g/mol. The molecule has 1 aliphatic rings. The van der Waals surface area contributed by atoms with Gasteiger partial charge < -0.3 is 10.2 Å². The van der Waals surface area contributed by atoms with Crippen molar-refractivity contribution in [2.24, 2.45) is 11.8 Å². The van der Waals surface area contributed by atoms with Crippen molar-refractivity contribution in [2.45, 2.75) is 46.2 Å². The fourth-order valence-corrected chi connectivity index (χ4v) is 3.75. The van der Waals surface area contributed by atoms with Gasteiger partial charge in [-0.05, 0) is 46.3 Å². The van der Waals surface area contributed by atoms with Crippen LogP contribution in [0.15, 0.2) is 22.7 Å². The van der Waals surface area contributed by atoms with Crippen LogP contribution in [-0.2, 0) is 0 Å². The topological polar surface area (TPSA) is 15.3 Å². The molecule has 2 rings (SSSR count). The highest BCUT2D eigenvalue weighted by Gasteiger charge is 2.32. The van der Waals surface area contributed by atoms with E-state index in [-0.39, 0.29) is 5.82 Å². The first kappa shape index (κ1) is 16.8. The molecule has 1 aromatic carbocycles. The number of para-hydroxylation sites is 1. The van der Waals surface area contributed by atoms with Gasteiger partial charge in [0, 0.05) is 29.6 Å². The molecule has 0 radical (unpaired) electrons. The minimum atomic E-state index is -0.139. The Bertz CT molecular complexity index is 456. The van der Waals surface area contributed by atoms with Crippen LogP contribution in [0, 0.1) is 17.7 Å². The number of anilines is 1. The molecular formula is C17H26BrFN2. The number of rotatable bonds is 4. The molecule has 1 N–H and O–H groups in total. The minimum absolute atomic E-state index is 0.139. The summed E-state index contributed by atoms with van der Waals surface area (Å²) in [6.07, 6.45) is 1.12. The van der Waals surface area contributed by atoms with Crippen LogP contribution in [0.25, 0.3) is 0 Å². The maximum absolute atomic E-state index is 14.4. The molecule has 0 bridgehead atoms. The molecule has 2 nitrogen and oxygen atoms in total. The Morgan fingerprint density at radius 3 is 2.62 bits per heavy atom. The Hall–Kier alpha value is -0.610. The number of halogens is 2. The van der Waals surface area contributed by atoms with E-state index in [0.717, 1.165) is 24.0 Å². The van der Waals surface area contributed by atoms with E-state index in [2.05, 4.69) is 53.8 Å². The van der Waals surface area contributed by atoms with Crippen LogP contribution in [0.3, 0.4) is 0 Å². The maximum atomic E-state index is 14.4. The molecule has 2 atom stereocenters. The van der Waals surface area contributed by atoms with Crippen LogP contribution in [0.2, 0.25) is 0 Å².